The first-order valence-electron chi connectivity index (χ1n) is 8.73. The van der Waals surface area contributed by atoms with Gasteiger partial charge in [-0.1, -0.05) is 41.9 Å². The number of benzene rings is 2. The summed E-state index contributed by atoms with van der Waals surface area (Å²) in [4.78, 5) is 35.6. The normalized spacial score (nSPS) is 10.5. The zero-order valence-electron chi connectivity index (χ0n) is 15.7. The van der Waals surface area contributed by atoms with E-state index in [-0.39, 0.29) is 18.7 Å². The van der Waals surface area contributed by atoms with Crippen molar-refractivity contribution in [1.82, 2.24) is 10.9 Å². The van der Waals surface area contributed by atoms with Crippen LogP contribution in [0.25, 0.3) is 6.08 Å². The fraction of sp³-hybridized carbons (Fsp3) is 0.190. The molecule has 0 fully saturated rings. The molecule has 7 heteroatoms. The molecule has 3 N–H and O–H groups in total. The first kappa shape index (κ1) is 21.2. The molecule has 28 heavy (non-hydrogen) atoms. The van der Waals surface area contributed by atoms with Crippen LogP contribution in [-0.4, -0.2) is 17.7 Å². The Morgan fingerprint density at radius 1 is 0.964 bits per heavy atom. The lowest BCUT2D eigenvalue weighted by molar-refractivity contribution is -0.128. The SMILES string of the molecule is Cc1ccc(C)c(NC(=O)CCC(=O)NNC(=O)C=Cc2ccccc2Cl)c1. The van der Waals surface area contributed by atoms with Crippen LogP contribution in [0.4, 0.5) is 5.69 Å². The average molecular weight is 400 g/mol. The highest BCUT2D eigenvalue weighted by atomic mass is 35.5. The van der Waals surface area contributed by atoms with Crippen molar-refractivity contribution >= 4 is 41.1 Å². The molecule has 6 nitrogen and oxygen atoms in total. The molecule has 0 atom stereocenters. The summed E-state index contributed by atoms with van der Waals surface area (Å²) in [5.74, 6) is -1.24. The summed E-state index contributed by atoms with van der Waals surface area (Å²) >= 11 is 5.99. The predicted molar refractivity (Wildman–Crippen MR) is 111 cm³/mol. The van der Waals surface area contributed by atoms with Crippen LogP contribution in [0.3, 0.4) is 0 Å². The van der Waals surface area contributed by atoms with E-state index >= 15 is 0 Å². The van der Waals surface area contributed by atoms with Gasteiger partial charge in [-0.15, -0.1) is 0 Å². The van der Waals surface area contributed by atoms with Crippen molar-refractivity contribution in [2.45, 2.75) is 26.7 Å². The van der Waals surface area contributed by atoms with Gasteiger partial charge in [0, 0.05) is 29.6 Å². The number of aryl methyl sites for hydroxylation is 2. The van der Waals surface area contributed by atoms with Crippen molar-refractivity contribution in [2.75, 3.05) is 5.32 Å². The van der Waals surface area contributed by atoms with Gasteiger partial charge in [0.05, 0.1) is 0 Å². The van der Waals surface area contributed by atoms with Crippen LogP contribution in [0.2, 0.25) is 5.02 Å². The smallest absolute Gasteiger partial charge is 0.262 e. The van der Waals surface area contributed by atoms with Gasteiger partial charge in [0.2, 0.25) is 11.8 Å². The molecule has 0 aliphatic heterocycles. The molecule has 0 saturated carbocycles. The standard InChI is InChI=1S/C21H22ClN3O3/c1-14-7-8-15(2)18(13-14)23-19(26)11-12-21(28)25-24-20(27)10-9-16-5-3-4-6-17(16)22/h3-10,13H,11-12H2,1-2H3,(H,23,26)(H,24,27)(H,25,28). The summed E-state index contributed by atoms with van der Waals surface area (Å²) in [5, 5.41) is 3.30. The van der Waals surface area contributed by atoms with Gasteiger partial charge in [-0.25, -0.2) is 0 Å². The van der Waals surface area contributed by atoms with E-state index in [0.29, 0.717) is 10.6 Å². The van der Waals surface area contributed by atoms with Crippen molar-refractivity contribution in [2.24, 2.45) is 0 Å². The summed E-state index contributed by atoms with van der Waals surface area (Å²) in [5.41, 5.74) is 7.93. The summed E-state index contributed by atoms with van der Waals surface area (Å²) in [6.45, 7) is 3.83. The molecule has 2 aromatic carbocycles. The lowest BCUT2D eigenvalue weighted by atomic mass is 10.1. The van der Waals surface area contributed by atoms with Gasteiger partial charge in [-0.3, -0.25) is 25.2 Å². The number of rotatable bonds is 6. The lowest BCUT2D eigenvalue weighted by Crippen LogP contribution is -2.41. The van der Waals surface area contributed by atoms with Gasteiger partial charge in [-0.05, 0) is 48.7 Å². The minimum atomic E-state index is -0.506. The molecule has 0 radical (unpaired) electrons. The zero-order chi connectivity index (χ0) is 20.5. The summed E-state index contributed by atoms with van der Waals surface area (Å²) < 4.78 is 0. The topological polar surface area (TPSA) is 87.3 Å². The van der Waals surface area contributed by atoms with Crippen LogP contribution in [0.15, 0.2) is 48.5 Å². The molecule has 0 spiro atoms. The van der Waals surface area contributed by atoms with Crippen molar-refractivity contribution in [3.63, 3.8) is 0 Å². The molecular formula is C21H22ClN3O3. The molecule has 0 aromatic heterocycles. The number of anilines is 1. The van der Waals surface area contributed by atoms with Crippen molar-refractivity contribution in [3.05, 3.63) is 70.3 Å². The van der Waals surface area contributed by atoms with Gasteiger partial charge in [0.1, 0.15) is 0 Å². The molecular weight excluding hydrogens is 378 g/mol. The average Bonchev–Trinajstić information content (AvgIpc) is 2.67. The van der Waals surface area contributed by atoms with E-state index in [1.54, 1.807) is 30.3 Å². The fourth-order valence-electron chi connectivity index (χ4n) is 2.32. The number of carbonyl (C=O) groups is 3. The van der Waals surface area contributed by atoms with Gasteiger partial charge in [0.15, 0.2) is 0 Å². The van der Waals surface area contributed by atoms with Crippen LogP contribution in [0, 0.1) is 13.8 Å². The highest BCUT2D eigenvalue weighted by molar-refractivity contribution is 6.32. The van der Waals surface area contributed by atoms with Crippen LogP contribution >= 0.6 is 11.6 Å². The molecule has 0 bridgehead atoms. The van der Waals surface area contributed by atoms with E-state index < -0.39 is 11.8 Å². The van der Waals surface area contributed by atoms with Crippen molar-refractivity contribution in [1.29, 1.82) is 0 Å². The fourth-order valence-corrected chi connectivity index (χ4v) is 2.52. The third-order valence-corrected chi connectivity index (χ3v) is 4.24. The van der Waals surface area contributed by atoms with Gasteiger partial charge in [-0.2, -0.15) is 0 Å². The maximum Gasteiger partial charge on any atom is 0.262 e. The molecule has 0 aliphatic rings. The number of nitrogens with one attached hydrogen (secondary N) is 3. The van der Waals surface area contributed by atoms with Crippen LogP contribution < -0.4 is 16.2 Å². The number of carbonyl (C=O) groups excluding carboxylic acids is 3. The second-order valence-electron chi connectivity index (χ2n) is 6.26. The largest absolute Gasteiger partial charge is 0.326 e. The lowest BCUT2D eigenvalue weighted by Gasteiger charge is -2.09. The van der Waals surface area contributed by atoms with Crippen LogP contribution in [0.1, 0.15) is 29.5 Å². The molecule has 0 aliphatic carbocycles. The van der Waals surface area contributed by atoms with Gasteiger partial charge < -0.3 is 5.32 Å². The van der Waals surface area contributed by atoms with E-state index in [1.165, 1.54) is 6.08 Å². The third-order valence-electron chi connectivity index (χ3n) is 3.89. The maximum absolute atomic E-state index is 12.0. The van der Waals surface area contributed by atoms with Gasteiger partial charge in [0.25, 0.3) is 5.91 Å². The first-order valence-corrected chi connectivity index (χ1v) is 9.11. The Hall–Kier alpha value is -3.12. The Bertz CT molecular complexity index is 910. The van der Waals surface area contributed by atoms with Crippen molar-refractivity contribution < 1.29 is 14.4 Å². The molecule has 0 saturated heterocycles. The Balaban J connectivity index is 1.73. The Morgan fingerprint density at radius 2 is 1.68 bits per heavy atom. The quantitative estimate of drug-likeness (QED) is 0.513. The third kappa shape index (κ3) is 6.89. The minimum absolute atomic E-state index is 0.00451. The number of hydrazine groups is 1. The van der Waals surface area contributed by atoms with Crippen molar-refractivity contribution in [3.8, 4) is 0 Å². The Morgan fingerprint density at radius 3 is 2.43 bits per heavy atom. The highest BCUT2D eigenvalue weighted by Crippen LogP contribution is 2.17. The number of halogens is 1. The molecule has 0 heterocycles. The highest BCUT2D eigenvalue weighted by Gasteiger charge is 2.09. The summed E-state index contributed by atoms with van der Waals surface area (Å²) in [6, 6.07) is 12.8. The number of hydrogen-bond donors (Lipinski definition) is 3. The van der Waals surface area contributed by atoms with E-state index in [0.717, 1.165) is 16.8 Å². The molecule has 2 aromatic rings. The van der Waals surface area contributed by atoms with E-state index in [4.69, 9.17) is 11.6 Å². The van der Waals surface area contributed by atoms with E-state index in [9.17, 15) is 14.4 Å². The zero-order valence-corrected chi connectivity index (χ0v) is 16.5. The number of amides is 3. The van der Waals surface area contributed by atoms with Crippen LogP contribution in [-0.2, 0) is 14.4 Å². The predicted octanol–water partition coefficient (Wildman–Crippen LogP) is 3.54. The monoisotopic (exact) mass is 399 g/mol. The molecule has 146 valence electrons. The molecule has 0 unspecified atom stereocenters. The van der Waals surface area contributed by atoms with E-state index in [2.05, 4.69) is 16.2 Å². The first-order chi connectivity index (χ1) is 13.3. The minimum Gasteiger partial charge on any atom is -0.326 e. The Kier molecular flexibility index (Phi) is 7.77. The molecule has 2 rings (SSSR count). The summed E-state index contributed by atoms with van der Waals surface area (Å²) in [6.07, 6.45) is 2.76. The Labute approximate surface area is 168 Å². The summed E-state index contributed by atoms with van der Waals surface area (Å²) in [7, 11) is 0. The van der Waals surface area contributed by atoms with Crippen LogP contribution in [0.5, 0.6) is 0 Å². The van der Waals surface area contributed by atoms with Gasteiger partial charge >= 0.3 is 0 Å². The number of hydrogen-bond acceptors (Lipinski definition) is 3. The molecule has 3 amide bonds. The second-order valence-corrected chi connectivity index (χ2v) is 6.67. The second kappa shape index (κ2) is 10.3. The van der Waals surface area contributed by atoms with E-state index in [1.807, 2.05) is 32.0 Å². The maximum atomic E-state index is 12.0.